The van der Waals surface area contributed by atoms with E-state index in [9.17, 15) is 0 Å². The number of pyridine rings is 2. The van der Waals surface area contributed by atoms with Gasteiger partial charge in [-0.15, -0.1) is 11.8 Å². The van der Waals surface area contributed by atoms with E-state index in [0.717, 1.165) is 15.9 Å². The zero-order chi connectivity index (χ0) is 13.2. The molecule has 0 radical (unpaired) electrons. The lowest BCUT2D eigenvalue weighted by molar-refractivity contribution is 0.282. The van der Waals surface area contributed by atoms with Gasteiger partial charge in [-0.1, -0.05) is 11.6 Å². The molecule has 1 aliphatic heterocycles. The Bertz CT molecular complexity index is 582. The lowest BCUT2D eigenvalue weighted by Crippen LogP contribution is -2.31. The molecule has 3 heterocycles. The van der Waals surface area contributed by atoms with Crippen LogP contribution in [-0.2, 0) is 0 Å². The van der Waals surface area contributed by atoms with Crippen LogP contribution >= 0.6 is 23.4 Å². The average Bonchev–Trinajstić information content (AvgIpc) is 2.41. The van der Waals surface area contributed by atoms with E-state index in [1.54, 1.807) is 6.20 Å². The molecular formula is C14H16ClN3S. The molecular weight excluding hydrogens is 278 g/mol. The molecule has 5 heteroatoms. The van der Waals surface area contributed by atoms with Crippen molar-refractivity contribution in [2.45, 2.75) is 23.1 Å². The van der Waals surface area contributed by atoms with Crippen LogP contribution in [0.15, 0.2) is 29.4 Å². The number of likely N-dealkylation sites (tertiary alicyclic amines) is 1. The van der Waals surface area contributed by atoms with Crippen LogP contribution in [0.2, 0.25) is 5.15 Å². The highest BCUT2D eigenvalue weighted by Gasteiger charge is 2.18. The standard InChI is InChI=1S/C14H16ClN3S/c1-18-6-4-11(5-7-18)19-14-3-2-10-9-16-13(15)8-12(10)17-14/h2-3,8-9,11H,4-7H2,1H3. The van der Waals surface area contributed by atoms with Gasteiger partial charge in [-0.3, -0.25) is 0 Å². The van der Waals surface area contributed by atoms with Gasteiger partial charge < -0.3 is 4.90 Å². The van der Waals surface area contributed by atoms with Crippen molar-refractivity contribution in [3.8, 4) is 0 Å². The van der Waals surface area contributed by atoms with Crippen molar-refractivity contribution in [3.63, 3.8) is 0 Å². The summed E-state index contributed by atoms with van der Waals surface area (Å²) in [5.74, 6) is 0. The summed E-state index contributed by atoms with van der Waals surface area (Å²) in [5, 5.41) is 3.31. The van der Waals surface area contributed by atoms with E-state index < -0.39 is 0 Å². The SMILES string of the molecule is CN1CCC(Sc2ccc3cnc(Cl)cc3n2)CC1. The minimum Gasteiger partial charge on any atom is -0.306 e. The van der Waals surface area contributed by atoms with E-state index in [2.05, 4.69) is 34.0 Å². The minimum absolute atomic E-state index is 0.501. The maximum absolute atomic E-state index is 5.92. The van der Waals surface area contributed by atoms with E-state index in [1.165, 1.54) is 25.9 Å². The zero-order valence-corrected chi connectivity index (χ0v) is 12.4. The number of aromatic nitrogens is 2. The van der Waals surface area contributed by atoms with Gasteiger partial charge in [-0.05, 0) is 45.1 Å². The summed E-state index contributed by atoms with van der Waals surface area (Å²) in [7, 11) is 2.18. The molecule has 1 fully saturated rings. The molecule has 19 heavy (non-hydrogen) atoms. The summed E-state index contributed by atoms with van der Waals surface area (Å²) in [6, 6.07) is 5.99. The number of fused-ring (bicyclic) bond motifs is 1. The number of nitrogens with zero attached hydrogens (tertiary/aromatic N) is 3. The van der Waals surface area contributed by atoms with Gasteiger partial charge in [0.15, 0.2) is 0 Å². The molecule has 3 rings (SSSR count). The van der Waals surface area contributed by atoms with Gasteiger partial charge in [0.05, 0.1) is 10.5 Å². The third kappa shape index (κ3) is 3.19. The highest BCUT2D eigenvalue weighted by atomic mass is 35.5. The fraction of sp³-hybridized carbons (Fsp3) is 0.429. The molecule has 0 saturated carbocycles. The molecule has 1 saturated heterocycles. The van der Waals surface area contributed by atoms with Gasteiger partial charge >= 0.3 is 0 Å². The smallest absolute Gasteiger partial charge is 0.131 e. The first kappa shape index (κ1) is 13.2. The predicted molar refractivity (Wildman–Crippen MR) is 80.9 cm³/mol. The molecule has 0 unspecified atom stereocenters. The highest BCUT2D eigenvalue weighted by Crippen LogP contribution is 2.30. The zero-order valence-electron chi connectivity index (χ0n) is 10.8. The van der Waals surface area contributed by atoms with Gasteiger partial charge in [0.25, 0.3) is 0 Å². The molecule has 0 aliphatic carbocycles. The Morgan fingerprint density at radius 2 is 2.11 bits per heavy atom. The second-order valence-electron chi connectivity index (χ2n) is 4.97. The Balaban J connectivity index is 1.77. The first-order valence-electron chi connectivity index (χ1n) is 6.48. The summed E-state index contributed by atoms with van der Waals surface area (Å²) in [4.78, 5) is 11.1. The molecule has 100 valence electrons. The maximum atomic E-state index is 5.92. The topological polar surface area (TPSA) is 29.0 Å². The van der Waals surface area contributed by atoms with Crippen LogP contribution in [0.5, 0.6) is 0 Å². The number of thioether (sulfide) groups is 1. The number of rotatable bonds is 2. The molecule has 0 aromatic carbocycles. The minimum atomic E-state index is 0.501. The quantitative estimate of drug-likeness (QED) is 0.793. The molecule has 2 aromatic heterocycles. The van der Waals surface area contributed by atoms with Gasteiger partial charge in [0, 0.05) is 22.9 Å². The fourth-order valence-corrected chi connectivity index (χ4v) is 3.55. The van der Waals surface area contributed by atoms with Crippen molar-refractivity contribution in [3.05, 3.63) is 29.5 Å². The van der Waals surface area contributed by atoms with Crippen LogP contribution in [-0.4, -0.2) is 40.3 Å². The summed E-state index contributed by atoms with van der Waals surface area (Å²) in [6.07, 6.45) is 4.24. The fourth-order valence-electron chi connectivity index (χ4n) is 2.31. The Morgan fingerprint density at radius 1 is 1.32 bits per heavy atom. The Morgan fingerprint density at radius 3 is 2.89 bits per heavy atom. The number of halogens is 1. The highest BCUT2D eigenvalue weighted by molar-refractivity contribution is 7.99. The van der Waals surface area contributed by atoms with Crippen LogP contribution in [0, 0.1) is 0 Å². The van der Waals surface area contributed by atoms with E-state index >= 15 is 0 Å². The molecule has 0 bridgehead atoms. The molecule has 0 amide bonds. The van der Waals surface area contributed by atoms with Crippen LogP contribution < -0.4 is 0 Å². The average molecular weight is 294 g/mol. The van der Waals surface area contributed by atoms with Crippen LogP contribution in [0.4, 0.5) is 0 Å². The van der Waals surface area contributed by atoms with Crippen LogP contribution in [0.3, 0.4) is 0 Å². The largest absolute Gasteiger partial charge is 0.306 e. The van der Waals surface area contributed by atoms with Crippen molar-refractivity contribution in [1.82, 2.24) is 14.9 Å². The van der Waals surface area contributed by atoms with E-state index in [-0.39, 0.29) is 0 Å². The molecule has 3 nitrogen and oxygen atoms in total. The summed E-state index contributed by atoms with van der Waals surface area (Å²) < 4.78 is 0. The molecule has 2 aromatic rings. The third-order valence-electron chi connectivity index (χ3n) is 3.47. The Kier molecular flexibility index (Phi) is 3.91. The Labute approximate surface area is 122 Å². The second kappa shape index (κ2) is 5.65. The molecule has 0 N–H and O–H groups in total. The lowest BCUT2D eigenvalue weighted by atomic mass is 10.1. The van der Waals surface area contributed by atoms with Gasteiger partial charge in [-0.25, -0.2) is 9.97 Å². The van der Waals surface area contributed by atoms with E-state index in [0.29, 0.717) is 10.4 Å². The third-order valence-corrected chi connectivity index (χ3v) is 4.95. The van der Waals surface area contributed by atoms with E-state index in [1.807, 2.05) is 17.8 Å². The summed E-state index contributed by atoms with van der Waals surface area (Å²) in [5.41, 5.74) is 0.929. The van der Waals surface area contributed by atoms with Crippen molar-refractivity contribution in [2.75, 3.05) is 20.1 Å². The second-order valence-corrected chi connectivity index (χ2v) is 6.68. The van der Waals surface area contributed by atoms with Gasteiger partial charge in [0.2, 0.25) is 0 Å². The van der Waals surface area contributed by atoms with Crippen molar-refractivity contribution < 1.29 is 0 Å². The van der Waals surface area contributed by atoms with Gasteiger partial charge in [0.1, 0.15) is 5.15 Å². The summed E-state index contributed by atoms with van der Waals surface area (Å²) >= 11 is 7.80. The lowest BCUT2D eigenvalue weighted by Gasteiger charge is -2.28. The van der Waals surface area contributed by atoms with Crippen LogP contribution in [0.25, 0.3) is 10.9 Å². The molecule has 1 aliphatic rings. The Hall–Kier alpha value is -0.840. The molecule has 0 atom stereocenters. The van der Waals surface area contributed by atoms with Crippen LogP contribution in [0.1, 0.15) is 12.8 Å². The maximum Gasteiger partial charge on any atom is 0.131 e. The monoisotopic (exact) mass is 293 g/mol. The number of hydrogen-bond donors (Lipinski definition) is 0. The van der Waals surface area contributed by atoms with Crippen molar-refractivity contribution in [2.24, 2.45) is 0 Å². The predicted octanol–water partition coefficient (Wildman–Crippen LogP) is 3.47. The summed E-state index contributed by atoms with van der Waals surface area (Å²) in [6.45, 7) is 2.36. The van der Waals surface area contributed by atoms with Gasteiger partial charge in [-0.2, -0.15) is 0 Å². The first-order chi connectivity index (χ1) is 9.20. The number of piperidine rings is 1. The van der Waals surface area contributed by atoms with Crippen molar-refractivity contribution >= 4 is 34.3 Å². The molecule has 0 spiro atoms. The normalized spacial score (nSPS) is 18.0. The first-order valence-corrected chi connectivity index (χ1v) is 7.74. The van der Waals surface area contributed by atoms with Crippen molar-refractivity contribution in [1.29, 1.82) is 0 Å². The number of hydrogen-bond acceptors (Lipinski definition) is 4. The van der Waals surface area contributed by atoms with E-state index in [4.69, 9.17) is 11.6 Å².